The summed E-state index contributed by atoms with van der Waals surface area (Å²) in [6.45, 7) is 4.21. The Morgan fingerprint density at radius 1 is 1.30 bits per heavy atom. The number of hydrogen-bond acceptors (Lipinski definition) is 4. The molecule has 1 aromatic carbocycles. The summed E-state index contributed by atoms with van der Waals surface area (Å²) < 4.78 is 10.4. The molecule has 1 fully saturated rings. The summed E-state index contributed by atoms with van der Waals surface area (Å²) >= 11 is 0. The van der Waals surface area contributed by atoms with Crippen molar-refractivity contribution < 1.29 is 24.2 Å². The minimum Gasteiger partial charge on any atom is -0.497 e. The Morgan fingerprint density at radius 3 is 2.48 bits per heavy atom. The molecule has 6 nitrogen and oxygen atoms in total. The average molecular weight is 321 g/mol. The number of carbonyl (C=O) groups is 2. The van der Waals surface area contributed by atoms with Crippen LogP contribution in [0.25, 0.3) is 0 Å². The van der Waals surface area contributed by atoms with E-state index in [-0.39, 0.29) is 18.5 Å². The van der Waals surface area contributed by atoms with Crippen molar-refractivity contribution in [2.45, 2.75) is 32.2 Å². The van der Waals surface area contributed by atoms with E-state index < -0.39 is 18.1 Å². The predicted octanol–water partition coefficient (Wildman–Crippen LogP) is 2.73. The van der Waals surface area contributed by atoms with Gasteiger partial charge in [-0.05, 0) is 38.0 Å². The standard InChI is InChI=1S/C17H23NO5/c1-4-23-16(19)15-11(2)18(17(20)21)10-9-14(15)12-5-7-13(22-3)8-6-12/h5-8,11,14-15H,4,9-10H2,1-3H3,(H,20,21). The van der Waals surface area contributed by atoms with Crippen molar-refractivity contribution in [3.63, 3.8) is 0 Å². The van der Waals surface area contributed by atoms with Crippen LogP contribution in [-0.2, 0) is 9.53 Å². The molecule has 1 aliphatic heterocycles. The number of hydrogen-bond donors (Lipinski definition) is 1. The van der Waals surface area contributed by atoms with Gasteiger partial charge in [0.05, 0.1) is 19.6 Å². The van der Waals surface area contributed by atoms with E-state index in [4.69, 9.17) is 9.47 Å². The highest BCUT2D eigenvalue weighted by Gasteiger charge is 2.43. The second-order valence-electron chi connectivity index (χ2n) is 5.66. The van der Waals surface area contributed by atoms with E-state index in [1.54, 1.807) is 21.0 Å². The lowest BCUT2D eigenvalue weighted by molar-refractivity contribution is -0.152. The van der Waals surface area contributed by atoms with Crippen LogP contribution in [0.1, 0.15) is 31.7 Å². The van der Waals surface area contributed by atoms with Gasteiger partial charge in [0.25, 0.3) is 0 Å². The molecule has 6 heteroatoms. The van der Waals surface area contributed by atoms with Crippen LogP contribution >= 0.6 is 0 Å². The van der Waals surface area contributed by atoms with E-state index in [1.807, 2.05) is 24.3 Å². The van der Waals surface area contributed by atoms with Gasteiger partial charge in [0.1, 0.15) is 5.75 Å². The molecular weight excluding hydrogens is 298 g/mol. The van der Waals surface area contributed by atoms with Gasteiger partial charge >= 0.3 is 12.1 Å². The molecule has 3 atom stereocenters. The topological polar surface area (TPSA) is 76.1 Å². The Hall–Kier alpha value is -2.24. The molecule has 3 unspecified atom stereocenters. The Kier molecular flexibility index (Phi) is 5.47. The zero-order chi connectivity index (χ0) is 17.0. The maximum atomic E-state index is 12.4. The van der Waals surface area contributed by atoms with Crippen LogP contribution in [0.15, 0.2) is 24.3 Å². The van der Waals surface area contributed by atoms with Gasteiger partial charge in [-0.3, -0.25) is 4.79 Å². The Balaban J connectivity index is 2.31. The van der Waals surface area contributed by atoms with Crippen molar-refractivity contribution in [2.24, 2.45) is 5.92 Å². The maximum absolute atomic E-state index is 12.4. The predicted molar refractivity (Wildman–Crippen MR) is 84.7 cm³/mol. The number of piperidine rings is 1. The number of carbonyl (C=O) groups excluding carboxylic acids is 1. The maximum Gasteiger partial charge on any atom is 0.407 e. The van der Waals surface area contributed by atoms with Crippen LogP contribution < -0.4 is 4.74 Å². The van der Waals surface area contributed by atoms with E-state index in [9.17, 15) is 14.7 Å². The fourth-order valence-electron chi connectivity index (χ4n) is 3.29. The number of nitrogens with zero attached hydrogens (tertiary/aromatic N) is 1. The normalized spacial score (nSPS) is 24.1. The van der Waals surface area contributed by atoms with Crippen molar-refractivity contribution in [3.05, 3.63) is 29.8 Å². The number of amides is 1. The molecule has 1 saturated heterocycles. The number of rotatable bonds is 4. The van der Waals surface area contributed by atoms with Gasteiger partial charge in [0, 0.05) is 18.5 Å². The molecule has 2 rings (SSSR count). The van der Waals surface area contributed by atoms with Crippen LogP contribution in [0.2, 0.25) is 0 Å². The molecule has 1 aliphatic rings. The minimum absolute atomic E-state index is 0.0643. The molecule has 23 heavy (non-hydrogen) atoms. The number of carboxylic acid groups (broad SMARTS) is 1. The number of likely N-dealkylation sites (tertiary alicyclic amines) is 1. The van der Waals surface area contributed by atoms with Gasteiger partial charge < -0.3 is 19.5 Å². The first-order valence-electron chi connectivity index (χ1n) is 7.79. The Morgan fingerprint density at radius 2 is 1.96 bits per heavy atom. The highest BCUT2D eigenvalue weighted by Crippen LogP contribution is 2.38. The number of benzene rings is 1. The zero-order valence-electron chi connectivity index (χ0n) is 13.7. The van der Waals surface area contributed by atoms with E-state index in [0.29, 0.717) is 13.0 Å². The van der Waals surface area contributed by atoms with Gasteiger partial charge in [0.15, 0.2) is 0 Å². The summed E-state index contributed by atoms with van der Waals surface area (Å²) in [5.41, 5.74) is 1.00. The van der Waals surface area contributed by atoms with Crippen molar-refractivity contribution in [1.82, 2.24) is 4.90 Å². The molecule has 0 saturated carbocycles. The summed E-state index contributed by atoms with van der Waals surface area (Å²) in [7, 11) is 1.60. The lowest BCUT2D eigenvalue weighted by Crippen LogP contribution is -2.52. The number of methoxy groups -OCH3 is 1. The molecule has 0 aromatic heterocycles. The Labute approximate surface area is 136 Å². The van der Waals surface area contributed by atoms with E-state index in [1.165, 1.54) is 4.90 Å². The second kappa shape index (κ2) is 7.35. The zero-order valence-corrected chi connectivity index (χ0v) is 13.7. The SMILES string of the molecule is CCOC(=O)C1C(c2ccc(OC)cc2)CCN(C(=O)O)C1C. The van der Waals surface area contributed by atoms with Gasteiger partial charge in [-0.15, -0.1) is 0 Å². The van der Waals surface area contributed by atoms with Crippen LogP contribution in [-0.4, -0.2) is 48.4 Å². The first kappa shape index (κ1) is 17.1. The van der Waals surface area contributed by atoms with Crippen molar-refractivity contribution >= 4 is 12.1 Å². The molecule has 0 aliphatic carbocycles. The van der Waals surface area contributed by atoms with Crippen LogP contribution in [0.3, 0.4) is 0 Å². The van der Waals surface area contributed by atoms with Crippen molar-refractivity contribution in [3.8, 4) is 5.75 Å². The fourth-order valence-corrected chi connectivity index (χ4v) is 3.29. The molecule has 1 heterocycles. The highest BCUT2D eigenvalue weighted by atomic mass is 16.5. The summed E-state index contributed by atoms with van der Waals surface area (Å²) in [5.74, 6) is -0.164. The third kappa shape index (κ3) is 3.57. The monoisotopic (exact) mass is 321 g/mol. The van der Waals surface area contributed by atoms with Gasteiger partial charge in [0.2, 0.25) is 0 Å². The third-order valence-corrected chi connectivity index (χ3v) is 4.47. The largest absolute Gasteiger partial charge is 0.497 e. The molecule has 0 spiro atoms. The first-order valence-corrected chi connectivity index (χ1v) is 7.79. The average Bonchev–Trinajstić information content (AvgIpc) is 2.54. The second-order valence-corrected chi connectivity index (χ2v) is 5.66. The molecular formula is C17H23NO5. The molecule has 1 aromatic rings. The lowest BCUT2D eigenvalue weighted by atomic mass is 9.76. The quantitative estimate of drug-likeness (QED) is 0.863. The van der Waals surface area contributed by atoms with Gasteiger partial charge in [-0.25, -0.2) is 4.79 Å². The summed E-state index contributed by atoms with van der Waals surface area (Å²) in [5, 5.41) is 9.32. The lowest BCUT2D eigenvalue weighted by Gasteiger charge is -2.41. The summed E-state index contributed by atoms with van der Waals surface area (Å²) in [6, 6.07) is 7.14. The van der Waals surface area contributed by atoms with Gasteiger partial charge in [-0.1, -0.05) is 12.1 Å². The highest BCUT2D eigenvalue weighted by molar-refractivity contribution is 5.76. The van der Waals surface area contributed by atoms with Crippen molar-refractivity contribution in [2.75, 3.05) is 20.3 Å². The molecule has 1 N–H and O–H groups in total. The van der Waals surface area contributed by atoms with Gasteiger partial charge in [-0.2, -0.15) is 0 Å². The van der Waals surface area contributed by atoms with Crippen LogP contribution in [0, 0.1) is 5.92 Å². The van der Waals surface area contributed by atoms with Crippen molar-refractivity contribution in [1.29, 1.82) is 0 Å². The molecule has 126 valence electrons. The van der Waals surface area contributed by atoms with E-state index in [0.717, 1.165) is 11.3 Å². The molecule has 0 radical (unpaired) electrons. The molecule has 0 bridgehead atoms. The first-order chi connectivity index (χ1) is 11.0. The third-order valence-electron chi connectivity index (χ3n) is 4.47. The summed E-state index contributed by atoms with van der Waals surface area (Å²) in [6.07, 6.45) is -0.410. The summed E-state index contributed by atoms with van der Waals surface area (Å²) in [4.78, 5) is 25.1. The van der Waals surface area contributed by atoms with Crippen LogP contribution in [0.4, 0.5) is 4.79 Å². The van der Waals surface area contributed by atoms with E-state index >= 15 is 0 Å². The Bertz CT molecular complexity index is 557. The molecule has 1 amide bonds. The number of esters is 1. The smallest absolute Gasteiger partial charge is 0.407 e. The fraction of sp³-hybridized carbons (Fsp3) is 0.529. The van der Waals surface area contributed by atoms with E-state index in [2.05, 4.69) is 0 Å². The minimum atomic E-state index is -1.00. The number of ether oxygens (including phenoxy) is 2. The van der Waals surface area contributed by atoms with Crippen LogP contribution in [0.5, 0.6) is 5.75 Å².